The molecule has 0 unspecified atom stereocenters. The van der Waals surface area contributed by atoms with Crippen LogP contribution in [0.2, 0.25) is 0 Å². The maximum atomic E-state index is 2.80. The average Bonchev–Trinajstić information content (AvgIpc) is 1.51. The van der Waals surface area contributed by atoms with Gasteiger partial charge in [0.2, 0.25) is 0 Å². The Morgan fingerprint density at radius 2 is 0.434 bits per heavy atom. The van der Waals surface area contributed by atoms with E-state index in [4.69, 9.17) is 0 Å². The molecule has 113 heavy (non-hydrogen) atoms. The van der Waals surface area contributed by atoms with Crippen LogP contribution in [-0.4, -0.2) is 0 Å². The van der Waals surface area contributed by atoms with Crippen LogP contribution < -0.4 is 0 Å². The molecule has 15 aromatic rings. The molecule has 0 aromatic heterocycles. The summed E-state index contributed by atoms with van der Waals surface area (Å²) in [5.41, 5.74) is 43.1. The second kappa shape index (κ2) is 27.2. The van der Waals surface area contributed by atoms with Gasteiger partial charge in [0.1, 0.15) is 0 Å². The first-order chi connectivity index (χ1) is 55.0. The topological polar surface area (TPSA) is 0 Å². The van der Waals surface area contributed by atoms with Crippen molar-refractivity contribution in [2.24, 2.45) is 0 Å². The molecule has 0 fully saturated rings. The van der Waals surface area contributed by atoms with E-state index in [0.29, 0.717) is 0 Å². The molecule has 0 saturated heterocycles. The van der Waals surface area contributed by atoms with Gasteiger partial charge in [0.25, 0.3) is 0 Å². The fourth-order valence-electron chi connectivity index (χ4n) is 22.2. The number of unbranched alkanes of at least 4 members (excludes halogenated alkanes) is 10. The highest BCUT2D eigenvalue weighted by atomic mass is 14.5. The van der Waals surface area contributed by atoms with Gasteiger partial charge in [-0.3, -0.25) is 0 Å². The number of fused-ring (bicyclic) bond motifs is 21. The Kier molecular flexibility index (Phi) is 17.1. The summed E-state index contributed by atoms with van der Waals surface area (Å²) in [7, 11) is 0. The van der Waals surface area contributed by atoms with Crippen LogP contribution >= 0.6 is 0 Å². The Hall–Kier alpha value is -10.9. The number of benzene rings is 15. The van der Waals surface area contributed by atoms with Crippen LogP contribution in [0.4, 0.5) is 0 Å². The molecular formula is C113H104. The molecule has 0 nitrogen and oxygen atoms in total. The standard InChI is InChI=1S/C113H104/c1-11-13-15-17-19-33-59-113(60-34-20-18-16-14-12-2)101-69-92-83-56-53-77(71-45-47-72(48-46-71)78-54-57-87-97(62-78)110(5,6)103-64-89(74-35-23-21-24-36-74)80-39-27-30-42-84(80)106(87)103)61-96(83)109(3,4)99(92)67-93(101)94-68-100-95(70-102(94)113)108-86-44-32-29-41-82(86)91(66-105(108)112(100,9)10)76-51-49-73(50-52-76)79-55-58-88-98(63-79)111(7,8)104-65-90(75-37-25-22-26-38-75)81-40-28-31-43-85(81)107(88)104/h21-32,35-58,61-70H,11-20,33-34,59-60H2,1-10H3. The lowest BCUT2D eigenvalue weighted by atomic mass is 9.69. The van der Waals surface area contributed by atoms with Crippen LogP contribution in [-0.2, 0) is 27.1 Å². The van der Waals surface area contributed by atoms with Crippen molar-refractivity contribution < 1.29 is 0 Å². The monoisotopic (exact) mass is 1460 g/mol. The Morgan fingerprint density at radius 3 is 0.832 bits per heavy atom. The van der Waals surface area contributed by atoms with Crippen molar-refractivity contribution >= 4 is 32.3 Å². The van der Waals surface area contributed by atoms with Gasteiger partial charge in [-0.05, 0) is 284 Å². The third-order valence-corrected chi connectivity index (χ3v) is 28.5. The van der Waals surface area contributed by atoms with Crippen molar-refractivity contribution in [2.75, 3.05) is 0 Å². The highest BCUT2D eigenvalue weighted by molar-refractivity contribution is 6.13. The third-order valence-electron chi connectivity index (χ3n) is 28.5. The van der Waals surface area contributed by atoms with E-state index in [1.54, 1.807) is 11.1 Å². The lowest BCUT2D eigenvalue weighted by Gasteiger charge is -2.34. The number of hydrogen-bond donors (Lipinski definition) is 0. The molecule has 5 aliphatic carbocycles. The Balaban J connectivity index is 0.645. The van der Waals surface area contributed by atoms with E-state index in [9.17, 15) is 0 Å². The van der Waals surface area contributed by atoms with Crippen LogP contribution in [0.15, 0.2) is 279 Å². The minimum absolute atomic E-state index is 0.110. The largest absolute Gasteiger partial charge is 0.0654 e. The van der Waals surface area contributed by atoms with Crippen molar-refractivity contribution in [1.29, 1.82) is 0 Å². The SMILES string of the molecule is CCCCCCCCC1(CCCCCCCC)c2cc3c(cc2-c2cc4c(cc21)-c1c(cc(-c2ccc(-c5ccc6c(c5)C(C)(C)c5cc(-c7ccccc7)c7ccccc7c5-6)cc2)c2ccccc12)C4(C)C)C(C)(C)c1cc(-c2ccc(-c4ccc5c(c4)C(C)(C)c4cc(-c6ccccc6)c6ccccc6c4-5)cc2)ccc1-3. The first kappa shape index (κ1) is 71.1. The first-order valence-electron chi connectivity index (χ1n) is 42.8. The molecule has 0 heterocycles. The zero-order valence-corrected chi connectivity index (χ0v) is 68.0. The lowest BCUT2D eigenvalue weighted by molar-refractivity contribution is 0.398. The molecule has 15 aromatic carbocycles. The van der Waals surface area contributed by atoms with Gasteiger partial charge in [-0.2, -0.15) is 0 Å². The quantitative estimate of drug-likeness (QED) is 0.0667. The molecule has 0 atom stereocenters. The molecule has 5 aliphatic rings. The van der Waals surface area contributed by atoms with Crippen LogP contribution in [0, 0.1) is 0 Å². The van der Waals surface area contributed by atoms with Crippen molar-refractivity contribution in [1.82, 2.24) is 0 Å². The molecule has 0 amide bonds. The zero-order valence-electron chi connectivity index (χ0n) is 68.0. The Bertz CT molecular complexity index is 6330. The maximum absolute atomic E-state index is 2.80. The summed E-state index contributed by atoms with van der Waals surface area (Å²) < 4.78 is 0. The molecule has 0 aliphatic heterocycles. The maximum Gasteiger partial charge on any atom is 0.0215 e. The predicted molar refractivity (Wildman–Crippen MR) is 484 cm³/mol. The fourth-order valence-corrected chi connectivity index (χ4v) is 22.2. The van der Waals surface area contributed by atoms with Crippen LogP contribution in [0.1, 0.15) is 215 Å². The summed E-state index contributed by atoms with van der Waals surface area (Å²) >= 11 is 0. The van der Waals surface area contributed by atoms with Crippen molar-refractivity contribution in [3.05, 3.63) is 335 Å². The van der Waals surface area contributed by atoms with Gasteiger partial charge >= 0.3 is 0 Å². The van der Waals surface area contributed by atoms with Gasteiger partial charge in [-0.15, -0.1) is 0 Å². The molecular weight excluding hydrogens is 1360 g/mol. The summed E-state index contributed by atoms with van der Waals surface area (Å²) in [6.45, 7) is 24.5. The molecule has 0 N–H and O–H groups in total. The average molecular weight is 1460 g/mol. The molecule has 0 spiro atoms. The number of rotatable bonds is 20. The molecule has 0 saturated carbocycles. The van der Waals surface area contributed by atoms with E-state index in [-0.39, 0.29) is 27.1 Å². The van der Waals surface area contributed by atoms with Gasteiger partial charge < -0.3 is 0 Å². The van der Waals surface area contributed by atoms with Crippen LogP contribution in [0.5, 0.6) is 0 Å². The van der Waals surface area contributed by atoms with E-state index in [1.807, 2.05) is 0 Å². The third kappa shape index (κ3) is 11.1. The van der Waals surface area contributed by atoms with Gasteiger partial charge in [0.15, 0.2) is 0 Å². The molecule has 0 radical (unpaired) electrons. The van der Waals surface area contributed by atoms with E-state index in [0.717, 1.165) is 0 Å². The highest BCUT2D eigenvalue weighted by Crippen LogP contribution is 2.64. The molecule has 556 valence electrons. The second-order valence-electron chi connectivity index (χ2n) is 36.3. The molecule has 0 heteroatoms. The summed E-state index contributed by atoms with van der Waals surface area (Å²) in [4.78, 5) is 0. The first-order valence-corrected chi connectivity index (χ1v) is 42.8. The zero-order chi connectivity index (χ0) is 76.9. The van der Waals surface area contributed by atoms with Gasteiger partial charge in [0.05, 0.1) is 0 Å². The van der Waals surface area contributed by atoms with Gasteiger partial charge in [0, 0.05) is 27.1 Å². The second-order valence-corrected chi connectivity index (χ2v) is 36.3. The summed E-state index contributed by atoms with van der Waals surface area (Å²) in [5.74, 6) is 0. The normalized spacial score (nSPS) is 15.3. The Labute approximate surface area is 671 Å². The number of hydrogen-bond acceptors (Lipinski definition) is 0. The van der Waals surface area contributed by atoms with E-state index >= 15 is 0 Å². The minimum Gasteiger partial charge on any atom is -0.0654 e. The highest BCUT2D eigenvalue weighted by Gasteiger charge is 2.49. The van der Waals surface area contributed by atoms with Crippen molar-refractivity contribution in [3.8, 4) is 122 Å². The van der Waals surface area contributed by atoms with Crippen molar-refractivity contribution in [2.45, 2.75) is 186 Å². The van der Waals surface area contributed by atoms with Gasteiger partial charge in [-0.1, -0.05) is 365 Å². The lowest BCUT2D eigenvalue weighted by Crippen LogP contribution is -2.26. The van der Waals surface area contributed by atoms with Crippen LogP contribution in [0.25, 0.3) is 155 Å². The molecule has 0 bridgehead atoms. The van der Waals surface area contributed by atoms with E-state index in [2.05, 4.69) is 348 Å². The van der Waals surface area contributed by atoms with Gasteiger partial charge in [-0.25, -0.2) is 0 Å². The molecule has 20 rings (SSSR count). The Morgan fingerprint density at radius 1 is 0.177 bits per heavy atom. The summed E-state index contributed by atoms with van der Waals surface area (Å²) in [6.07, 6.45) is 17.9. The van der Waals surface area contributed by atoms with E-state index < -0.39 is 0 Å². The summed E-state index contributed by atoms with van der Waals surface area (Å²) in [5, 5.41) is 7.97. The summed E-state index contributed by atoms with van der Waals surface area (Å²) in [6, 6.07) is 109. The smallest absolute Gasteiger partial charge is 0.0215 e. The predicted octanol–water partition coefficient (Wildman–Crippen LogP) is 32.1. The van der Waals surface area contributed by atoms with E-state index in [1.165, 1.54) is 289 Å². The minimum atomic E-state index is -0.251. The van der Waals surface area contributed by atoms with Crippen LogP contribution in [0.3, 0.4) is 0 Å². The van der Waals surface area contributed by atoms with Crippen molar-refractivity contribution in [3.63, 3.8) is 0 Å². The fraction of sp³-hybridized carbons (Fsp3) is 0.257.